The van der Waals surface area contributed by atoms with Gasteiger partial charge in [-0.2, -0.15) is 13.2 Å². The molecule has 3 rings (SSSR count). The van der Waals surface area contributed by atoms with Crippen molar-refractivity contribution in [1.29, 1.82) is 0 Å². The van der Waals surface area contributed by atoms with E-state index >= 15 is 0 Å². The number of aliphatic hydroxyl groups excluding tert-OH is 1. The molecule has 0 saturated carbocycles. The molecule has 3 N–H and O–H groups in total. The monoisotopic (exact) mass is 413 g/mol. The molecule has 0 radical (unpaired) electrons. The van der Waals surface area contributed by atoms with Crippen molar-refractivity contribution in [3.05, 3.63) is 68.7 Å². The summed E-state index contributed by atoms with van der Waals surface area (Å²) in [5, 5.41) is 19.2. The van der Waals surface area contributed by atoms with Gasteiger partial charge >= 0.3 is 6.18 Å². The Bertz CT molecular complexity index is 1150. The van der Waals surface area contributed by atoms with E-state index in [0.717, 1.165) is 18.2 Å². The third kappa shape index (κ3) is 3.74. The fraction of sp³-hybridized carbons (Fsp3) is 0.105. The number of phenolic OH excluding ortho intramolecular Hbond substituents is 1. The van der Waals surface area contributed by atoms with Gasteiger partial charge < -0.3 is 15.2 Å². The van der Waals surface area contributed by atoms with Gasteiger partial charge in [-0.05, 0) is 42.5 Å². The van der Waals surface area contributed by atoms with Crippen LogP contribution in [0.25, 0.3) is 28.1 Å². The Hall–Kier alpha value is -2.84. The summed E-state index contributed by atoms with van der Waals surface area (Å²) in [7, 11) is 0. The predicted molar refractivity (Wildman–Crippen MR) is 97.9 cm³/mol. The maximum absolute atomic E-state index is 13.7. The number of hydrogen-bond donors (Lipinski definition) is 3. The molecule has 0 bridgehead atoms. The standard InChI is InChI=1S/C19H12ClF4NO3/c20-10-2-4-16(27)13(6-10)17-12-5-9(19(22,23)24)1-3-15(12)25-18(28)14(17)7-11(21)8-26/h1-7,26-27H,8H2,(H,25,28). The number of nitrogens with one attached hydrogen (secondary N) is 1. The number of aromatic amines is 1. The Kier molecular flexibility index (Phi) is 5.18. The largest absolute Gasteiger partial charge is 0.507 e. The van der Waals surface area contributed by atoms with Crippen molar-refractivity contribution in [1.82, 2.24) is 4.98 Å². The van der Waals surface area contributed by atoms with Crippen molar-refractivity contribution in [2.45, 2.75) is 6.18 Å². The molecule has 0 fully saturated rings. The molecule has 0 unspecified atom stereocenters. The maximum atomic E-state index is 13.7. The SMILES string of the molecule is O=c1[nH]c2ccc(C(F)(F)F)cc2c(-c2cc(Cl)ccc2O)c1C=C(F)CO. The summed E-state index contributed by atoms with van der Waals surface area (Å²) in [6.07, 6.45) is -3.96. The lowest BCUT2D eigenvalue weighted by atomic mass is 9.94. The molecule has 1 heterocycles. The molecule has 3 aromatic rings. The van der Waals surface area contributed by atoms with Crippen molar-refractivity contribution in [2.75, 3.05) is 6.61 Å². The Morgan fingerprint density at radius 2 is 1.89 bits per heavy atom. The van der Waals surface area contributed by atoms with Gasteiger partial charge in [-0.15, -0.1) is 0 Å². The summed E-state index contributed by atoms with van der Waals surface area (Å²) in [5.41, 5.74) is -2.32. The Morgan fingerprint density at radius 1 is 1.18 bits per heavy atom. The van der Waals surface area contributed by atoms with E-state index in [2.05, 4.69) is 4.98 Å². The van der Waals surface area contributed by atoms with Gasteiger partial charge in [0.05, 0.1) is 17.7 Å². The number of hydrogen-bond acceptors (Lipinski definition) is 3. The van der Waals surface area contributed by atoms with Crippen LogP contribution in [0.1, 0.15) is 11.1 Å². The molecule has 146 valence electrons. The molecule has 0 atom stereocenters. The zero-order valence-electron chi connectivity index (χ0n) is 13.9. The van der Waals surface area contributed by atoms with E-state index < -0.39 is 29.7 Å². The van der Waals surface area contributed by atoms with Crippen LogP contribution in [0.2, 0.25) is 5.02 Å². The quantitative estimate of drug-likeness (QED) is 0.536. The van der Waals surface area contributed by atoms with Crippen LogP contribution in [0.5, 0.6) is 5.75 Å². The second kappa shape index (κ2) is 7.29. The molecule has 0 spiro atoms. The van der Waals surface area contributed by atoms with Gasteiger partial charge in [-0.3, -0.25) is 4.79 Å². The first kappa shape index (κ1) is 19.9. The van der Waals surface area contributed by atoms with Crippen LogP contribution in [0.4, 0.5) is 17.6 Å². The van der Waals surface area contributed by atoms with Gasteiger partial charge in [0.1, 0.15) is 11.6 Å². The van der Waals surface area contributed by atoms with E-state index in [4.69, 9.17) is 16.7 Å². The molecule has 0 aliphatic rings. The summed E-state index contributed by atoms with van der Waals surface area (Å²) in [6.45, 7) is -1.01. The molecule has 0 aliphatic heterocycles. The fourth-order valence-corrected chi connectivity index (χ4v) is 3.00. The number of fused-ring (bicyclic) bond motifs is 1. The zero-order chi connectivity index (χ0) is 20.6. The van der Waals surface area contributed by atoms with Gasteiger partial charge in [-0.1, -0.05) is 11.6 Å². The van der Waals surface area contributed by atoms with Crippen molar-refractivity contribution < 1.29 is 27.8 Å². The first-order chi connectivity index (χ1) is 13.1. The minimum atomic E-state index is -4.66. The van der Waals surface area contributed by atoms with E-state index in [-0.39, 0.29) is 38.4 Å². The average Bonchev–Trinajstić information content (AvgIpc) is 2.63. The van der Waals surface area contributed by atoms with Crippen LogP contribution in [-0.2, 0) is 6.18 Å². The molecule has 1 aromatic heterocycles. The van der Waals surface area contributed by atoms with Crippen LogP contribution in [-0.4, -0.2) is 21.8 Å². The average molecular weight is 414 g/mol. The number of pyridine rings is 1. The lowest BCUT2D eigenvalue weighted by molar-refractivity contribution is -0.137. The molecular formula is C19H12ClF4NO3. The molecule has 28 heavy (non-hydrogen) atoms. The zero-order valence-corrected chi connectivity index (χ0v) is 14.7. The highest BCUT2D eigenvalue weighted by Crippen LogP contribution is 2.40. The van der Waals surface area contributed by atoms with Crippen molar-refractivity contribution >= 4 is 28.6 Å². The molecule has 4 nitrogen and oxygen atoms in total. The lowest BCUT2D eigenvalue weighted by Crippen LogP contribution is -2.13. The van der Waals surface area contributed by atoms with Crippen LogP contribution in [0.15, 0.2) is 47.0 Å². The molecule has 2 aromatic carbocycles. The smallest absolute Gasteiger partial charge is 0.416 e. The van der Waals surface area contributed by atoms with E-state index in [1.54, 1.807) is 0 Å². The van der Waals surface area contributed by atoms with Gasteiger partial charge in [-0.25, -0.2) is 4.39 Å². The summed E-state index contributed by atoms with van der Waals surface area (Å²) in [4.78, 5) is 14.9. The van der Waals surface area contributed by atoms with Crippen LogP contribution >= 0.6 is 11.6 Å². The van der Waals surface area contributed by atoms with Crippen molar-refractivity contribution in [3.63, 3.8) is 0 Å². The van der Waals surface area contributed by atoms with E-state index in [9.17, 15) is 27.5 Å². The number of phenols is 1. The van der Waals surface area contributed by atoms with E-state index in [1.165, 1.54) is 18.2 Å². The molecule has 0 saturated heterocycles. The number of benzene rings is 2. The first-order valence-corrected chi connectivity index (χ1v) is 8.22. The number of rotatable bonds is 3. The van der Waals surface area contributed by atoms with Gasteiger partial charge in [0.2, 0.25) is 0 Å². The van der Waals surface area contributed by atoms with Crippen molar-refractivity contribution in [3.8, 4) is 16.9 Å². The van der Waals surface area contributed by atoms with Crippen LogP contribution in [0.3, 0.4) is 0 Å². The van der Waals surface area contributed by atoms with Gasteiger partial charge in [0, 0.05) is 27.1 Å². The molecule has 9 heteroatoms. The predicted octanol–water partition coefficient (Wildman–Crippen LogP) is 4.88. The fourth-order valence-electron chi connectivity index (χ4n) is 2.82. The number of halogens is 5. The van der Waals surface area contributed by atoms with Crippen LogP contribution in [0, 0.1) is 0 Å². The molecule has 0 aliphatic carbocycles. The number of aliphatic hydroxyl groups is 1. The second-order valence-corrected chi connectivity index (χ2v) is 6.35. The number of H-pyrrole nitrogens is 1. The Morgan fingerprint density at radius 3 is 2.54 bits per heavy atom. The highest BCUT2D eigenvalue weighted by atomic mass is 35.5. The Balaban J connectivity index is 2.52. The highest BCUT2D eigenvalue weighted by Gasteiger charge is 2.31. The third-order valence-electron chi connectivity index (χ3n) is 4.06. The number of aromatic nitrogens is 1. The summed E-state index contributed by atoms with van der Waals surface area (Å²) in [5.74, 6) is -1.45. The summed E-state index contributed by atoms with van der Waals surface area (Å²) < 4.78 is 53.3. The summed E-state index contributed by atoms with van der Waals surface area (Å²) >= 11 is 5.94. The van der Waals surface area contributed by atoms with Crippen LogP contribution < -0.4 is 5.56 Å². The van der Waals surface area contributed by atoms with E-state index in [1.807, 2.05) is 0 Å². The van der Waals surface area contributed by atoms with Gasteiger partial charge in [0.15, 0.2) is 0 Å². The number of aromatic hydroxyl groups is 1. The maximum Gasteiger partial charge on any atom is 0.416 e. The molecular weight excluding hydrogens is 402 g/mol. The molecule has 0 amide bonds. The van der Waals surface area contributed by atoms with Gasteiger partial charge in [0.25, 0.3) is 5.56 Å². The minimum absolute atomic E-state index is 0.0499. The lowest BCUT2D eigenvalue weighted by Gasteiger charge is -2.15. The minimum Gasteiger partial charge on any atom is -0.507 e. The van der Waals surface area contributed by atoms with E-state index in [0.29, 0.717) is 6.08 Å². The highest BCUT2D eigenvalue weighted by molar-refractivity contribution is 6.31. The Labute approximate surface area is 160 Å². The second-order valence-electron chi connectivity index (χ2n) is 5.91. The third-order valence-corrected chi connectivity index (χ3v) is 4.29. The number of alkyl halides is 3. The van der Waals surface area contributed by atoms with Crippen molar-refractivity contribution in [2.24, 2.45) is 0 Å². The topological polar surface area (TPSA) is 73.3 Å². The normalized spacial score (nSPS) is 12.6. The summed E-state index contributed by atoms with van der Waals surface area (Å²) in [6, 6.07) is 6.45. The first-order valence-electron chi connectivity index (χ1n) is 7.85.